The number of nitrogens with zero attached hydrogens (tertiary/aromatic N) is 1. The van der Waals surface area contributed by atoms with E-state index in [0.717, 1.165) is 5.69 Å². The van der Waals surface area contributed by atoms with E-state index in [4.69, 9.17) is 21.1 Å². The lowest BCUT2D eigenvalue weighted by molar-refractivity contribution is 0.0987. The van der Waals surface area contributed by atoms with E-state index in [0.29, 0.717) is 41.8 Å². The quantitative estimate of drug-likeness (QED) is 0.864. The van der Waals surface area contributed by atoms with Crippen LogP contribution in [0.15, 0.2) is 42.5 Å². The molecule has 0 bridgehead atoms. The SMILES string of the molecule is CCN(C(=O)c1cc(Cl)c2c(c1)OCCO2)c1ccccc1. The molecule has 0 spiro atoms. The summed E-state index contributed by atoms with van der Waals surface area (Å²) < 4.78 is 11.0. The Morgan fingerprint density at radius 2 is 1.91 bits per heavy atom. The molecule has 1 aliphatic heterocycles. The van der Waals surface area contributed by atoms with Gasteiger partial charge in [-0.2, -0.15) is 0 Å². The average molecular weight is 318 g/mol. The predicted molar refractivity (Wildman–Crippen MR) is 86.2 cm³/mol. The van der Waals surface area contributed by atoms with Gasteiger partial charge in [0.2, 0.25) is 0 Å². The summed E-state index contributed by atoms with van der Waals surface area (Å²) in [4.78, 5) is 14.5. The van der Waals surface area contributed by atoms with E-state index >= 15 is 0 Å². The molecule has 1 heterocycles. The van der Waals surface area contributed by atoms with Crippen molar-refractivity contribution in [2.75, 3.05) is 24.7 Å². The maximum absolute atomic E-state index is 12.8. The molecule has 22 heavy (non-hydrogen) atoms. The largest absolute Gasteiger partial charge is 0.486 e. The van der Waals surface area contributed by atoms with Gasteiger partial charge in [-0.1, -0.05) is 29.8 Å². The van der Waals surface area contributed by atoms with Gasteiger partial charge in [-0.25, -0.2) is 0 Å². The topological polar surface area (TPSA) is 38.8 Å². The maximum atomic E-state index is 12.8. The van der Waals surface area contributed by atoms with Crippen molar-refractivity contribution in [1.82, 2.24) is 0 Å². The lowest BCUT2D eigenvalue weighted by Crippen LogP contribution is -2.30. The van der Waals surface area contributed by atoms with E-state index < -0.39 is 0 Å². The second-order valence-corrected chi connectivity index (χ2v) is 5.27. The zero-order valence-electron chi connectivity index (χ0n) is 12.2. The van der Waals surface area contributed by atoms with Gasteiger partial charge in [-0.3, -0.25) is 4.79 Å². The lowest BCUT2D eigenvalue weighted by Gasteiger charge is -2.23. The fourth-order valence-electron chi connectivity index (χ4n) is 2.44. The Morgan fingerprint density at radius 3 is 2.64 bits per heavy atom. The number of benzene rings is 2. The Labute approximate surface area is 134 Å². The van der Waals surface area contributed by atoms with Gasteiger partial charge in [-0.05, 0) is 31.2 Å². The highest BCUT2D eigenvalue weighted by atomic mass is 35.5. The number of carbonyl (C=O) groups excluding carboxylic acids is 1. The summed E-state index contributed by atoms with van der Waals surface area (Å²) in [6.07, 6.45) is 0. The summed E-state index contributed by atoms with van der Waals surface area (Å²) >= 11 is 6.21. The van der Waals surface area contributed by atoms with Crippen LogP contribution in [0.3, 0.4) is 0 Å². The van der Waals surface area contributed by atoms with Gasteiger partial charge in [-0.15, -0.1) is 0 Å². The summed E-state index contributed by atoms with van der Waals surface area (Å²) in [6, 6.07) is 12.9. The second-order valence-electron chi connectivity index (χ2n) is 4.87. The smallest absolute Gasteiger partial charge is 0.258 e. The van der Waals surface area contributed by atoms with Gasteiger partial charge in [0.1, 0.15) is 13.2 Å². The molecule has 1 aliphatic rings. The first-order valence-corrected chi connectivity index (χ1v) is 7.54. The number of anilines is 1. The minimum atomic E-state index is -0.118. The minimum Gasteiger partial charge on any atom is -0.486 e. The second kappa shape index (κ2) is 6.28. The van der Waals surface area contributed by atoms with Crippen molar-refractivity contribution >= 4 is 23.2 Å². The third-order valence-electron chi connectivity index (χ3n) is 3.47. The van der Waals surface area contributed by atoms with Crippen molar-refractivity contribution in [3.05, 3.63) is 53.1 Å². The number of hydrogen-bond acceptors (Lipinski definition) is 3. The Balaban J connectivity index is 1.96. The fourth-order valence-corrected chi connectivity index (χ4v) is 2.71. The molecule has 1 amide bonds. The molecule has 0 unspecified atom stereocenters. The van der Waals surface area contributed by atoms with E-state index in [9.17, 15) is 4.79 Å². The van der Waals surface area contributed by atoms with Gasteiger partial charge in [0.15, 0.2) is 11.5 Å². The molecule has 114 valence electrons. The molecule has 3 rings (SSSR count). The van der Waals surface area contributed by atoms with Gasteiger partial charge in [0, 0.05) is 17.8 Å². The first-order chi connectivity index (χ1) is 10.7. The number of ether oxygens (including phenoxy) is 2. The molecule has 0 aromatic heterocycles. The van der Waals surface area contributed by atoms with Crippen LogP contribution in [0, 0.1) is 0 Å². The summed E-state index contributed by atoms with van der Waals surface area (Å²) in [6.45, 7) is 3.42. The van der Waals surface area contributed by atoms with Crippen LogP contribution in [0.25, 0.3) is 0 Å². The third-order valence-corrected chi connectivity index (χ3v) is 3.75. The molecule has 0 saturated carbocycles. The number of halogens is 1. The lowest BCUT2D eigenvalue weighted by atomic mass is 10.1. The summed E-state index contributed by atoms with van der Waals surface area (Å²) in [7, 11) is 0. The minimum absolute atomic E-state index is 0.118. The Bertz CT molecular complexity index is 688. The van der Waals surface area contributed by atoms with Crippen molar-refractivity contribution in [1.29, 1.82) is 0 Å². The highest BCUT2D eigenvalue weighted by Crippen LogP contribution is 2.38. The van der Waals surface area contributed by atoms with Crippen LogP contribution >= 0.6 is 11.6 Å². The highest BCUT2D eigenvalue weighted by Gasteiger charge is 2.22. The molecule has 0 fully saturated rings. The Hall–Kier alpha value is -2.20. The molecule has 2 aromatic carbocycles. The van der Waals surface area contributed by atoms with Crippen molar-refractivity contribution in [3.63, 3.8) is 0 Å². The monoisotopic (exact) mass is 317 g/mol. The molecule has 0 radical (unpaired) electrons. The predicted octanol–water partition coefficient (Wildman–Crippen LogP) is 3.78. The van der Waals surface area contributed by atoms with Crippen LogP contribution in [0.5, 0.6) is 11.5 Å². The number of para-hydroxylation sites is 1. The molecule has 5 heteroatoms. The number of rotatable bonds is 3. The van der Waals surface area contributed by atoms with E-state index in [2.05, 4.69) is 0 Å². The number of amides is 1. The van der Waals surface area contributed by atoms with Gasteiger partial charge < -0.3 is 14.4 Å². The van der Waals surface area contributed by atoms with Crippen LogP contribution in [0.4, 0.5) is 5.69 Å². The molecule has 0 atom stereocenters. The Morgan fingerprint density at radius 1 is 1.18 bits per heavy atom. The van der Waals surface area contributed by atoms with Crippen LogP contribution in [-0.2, 0) is 0 Å². The summed E-state index contributed by atoms with van der Waals surface area (Å²) in [5.74, 6) is 0.908. The van der Waals surface area contributed by atoms with Crippen LogP contribution in [-0.4, -0.2) is 25.7 Å². The number of fused-ring (bicyclic) bond motifs is 1. The Kier molecular flexibility index (Phi) is 4.20. The van der Waals surface area contributed by atoms with Crippen LogP contribution in [0.1, 0.15) is 17.3 Å². The first-order valence-electron chi connectivity index (χ1n) is 7.16. The molecular formula is C17H16ClNO3. The molecule has 0 aliphatic carbocycles. The van der Waals surface area contributed by atoms with Gasteiger partial charge in [0.25, 0.3) is 5.91 Å². The average Bonchev–Trinajstić information content (AvgIpc) is 2.56. The van der Waals surface area contributed by atoms with Crippen molar-refractivity contribution < 1.29 is 14.3 Å². The normalized spacial score (nSPS) is 12.8. The third kappa shape index (κ3) is 2.74. The van der Waals surface area contributed by atoms with Crippen molar-refractivity contribution in [2.24, 2.45) is 0 Å². The van der Waals surface area contributed by atoms with Crippen molar-refractivity contribution in [2.45, 2.75) is 6.92 Å². The maximum Gasteiger partial charge on any atom is 0.258 e. The molecule has 0 N–H and O–H groups in total. The van der Waals surface area contributed by atoms with E-state index in [1.807, 2.05) is 37.3 Å². The summed E-state index contributed by atoms with van der Waals surface area (Å²) in [5.41, 5.74) is 1.33. The first kappa shape index (κ1) is 14.7. The van der Waals surface area contributed by atoms with E-state index in [1.54, 1.807) is 17.0 Å². The molecule has 4 nitrogen and oxygen atoms in total. The van der Waals surface area contributed by atoms with Crippen molar-refractivity contribution in [3.8, 4) is 11.5 Å². The fraction of sp³-hybridized carbons (Fsp3) is 0.235. The molecule has 0 saturated heterocycles. The van der Waals surface area contributed by atoms with Crippen LogP contribution in [0.2, 0.25) is 5.02 Å². The number of carbonyl (C=O) groups is 1. The number of hydrogen-bond donors (Lipinski definition) is 0. The highest BCUT2D eigenvalue weighted by molar-refractivity contribution is 6.32. The van der Waals surface area contributed by atoms with E-state index in [-0.39, 0.29) is 5.91 Å². The standard InChI is InChI=1S/C17H16ClNO3/c1-2-19(13-6-4-3-5-7-13)17(20)12-10-14(18)16-15(11-12)21-8-9-22-16/h3-7,10-11H,2,8-9H2,1H3. The molecule has 2 aromatic rings. The summed E-state index contributed by atoms with van der Waals surface area (Å²) in [5, 5.41) is 0.393. The van der Waals surface area contributed by atoms with Gasteiger partial charge >= 0.3 is 0 Å². The zero-order chi connectivity index (χ0) is 15.5. The zero-order valence-corrected chi connectivity index (χ0v) is 13.0. The van der Waals surface area contributed by atoms with Crippen LogP contribution < -0.4 is 14.4 Å². The van der Waals surface area contributed by atoms with Gasteiger partial charge in [0.05, 0.1) is 5.02 Å². The van der Waals surface area contributed by atoms with E-state index in [1.165, 1.54) is 0 Å². The molecular weight excluding hydrogens is 302 g/mol.